The summed E-state index contributed by atoms with van der Waals surface area (Å²) in [4.78, 5) is 102. The molecule has 39 nitrogen and oxygen atoms in total. The first kappa shape index (κ1) is 92.9. The van der Waals surface area contributed by atoms with E-state index in [1.165, 1.54) is 39.7 Å². The lowest BCUT2D eigenvalue weighted by Gasteiger charge is -2.28. The molecule has 690 valence electrons. The van der Waals surface area contributed by atoms with Crippen LogP contribution in [-0.2, 0) is 61.2 Å². The monoisotopic (exact) mass is 1900 g/mol. The van der Waals surface area contributed by atoms with Crippen LogP contribution in [0.25, 0.3) is 33.5 Å². The summed E-state index contributed by atoms with van der Waals surface area (Å²) in [6, 6.07) is 35.0. The van der Waals surface area contributed by atoms with Gasteiger partial charge in [0.2, 0.25) is 33.6 Å². The number of likely N-dealkylation sites (N-methyl/N-ethyl adjacent to an activating group) is 3. The fraction of sp³-hybridized carbons (Fsp3) is 0.500. The van der Waals surface area contributed by atoms with Gasteiger partial charge in [0.05, 0.1) is 19.0 Å². The predicted molar refractivity (Wildman–Crippen MR) is 473 cm³/mol. The number of aromatic nitrogens is 12. The number of rotatable bonds is 29. The van der Waals surface area contributed by atoms with Crippen molar-refractivity contribution in [2.45, 2.75) is 208 Å². The molecule has 18 rings (SSSR count). The van der Waals surface area contributed by atoms with Gasteiger partial charge in [0.1, 0.15) is 84.1 Å². The summed E-state index contributed by atoms with van der Waals surface area (Å²) in [6.45, 7) is 7.28. The SMILES string of the molecule is CN(C[C@H]1O[C@@H](n2cnc3c(NC4CCCC4)nc(Cl)nc32)[C@@H]2OC(C)(C)O[C@@H]21)C(=O)CP(=O)(O)O.CN(C[C@H]1O[C@@H](n2cnc3c(NC4CCCC4)nc(Cl)nc32)[C@@H]2OC(C)(C)O[C@@H]21)C(=O)CP(=O)(Oc1ccccc1)Oc1ccccc1.CN(C[C@H]1O[C@@H](n2cnc3c(NC4CCCC4)nc(Cl)nc32)[C@H](O)[C@@H]1O)C(=O)CP(=O)(Oc1ccccc1)Oc1ccccc1. The van der Waals surface area contributed by atoms with E-state index in [2.05, 4.69) is 60.8 Å². The lowest BCUT2D eigenvalue weighted by atomic mass is 10.1. The van der Waals surface area contributed by atoms with Gasteiger partial charge in [-0.25, -0.2) is 24.1 Å². The molecule has 6 aromatic heterocycles. The summed E-state index contributed by atoms with van der Waals surface area (Å²) in [5.74, 6) is -0.674. The molecule has 3 aliphatic carbocycles. The van der Waals surface area contributed by atoms with Crippen molar-refractivity contribution in [3.8, 4) is 23.0 Å². The molecule has 12 atom stereocenters. The van der Waals surface area contributed by atoms with Gasteiger partial charge >= 0.3 is 22.8 Å². The van der Waals surface area contributed by atoms with Crippen molar-refractivity contribution in [2.24, 2.45) is 0 Å². The predicted octanol–water partition coefficient (Wildman–Crippen LogP) is 12.2. The Balaban J connectivity index is 0.000000143. The van der Waals surface area contributed by atoms with Gasteiger partial charge in [-0.15, -0.1) is 0 Å². The number of hydrogen-bond donors (Lipinski definition) is 7. The van der Waals surface area contributed by atoms with Crippen LogP contribution in [0.1, 0.15) is 123 Å². The molecule has 0 spiro atoms. The molecular formula is C84H102Cl3N18O21P3. The first-order valence-electron chi connectivity index (χ1n) is 42.6. The van der Waals surface area contributed by atoms with Crippen LogP contribution in [0.2, 0.25) is 15.9 Å². The zero-order valence-corrected chi connectivity index (χ0v) is 76.5. The van der Waals surface area contributed by atoms with Crippen molar-refractivity contribution in [1.29, 1.82) is 0 Å². The van der Waals surface area contributed by atoms with Crippen LogP contribution < -0.4 is 34.0 Å². The molecule has 45 heteroatoms. The maximum absolute atomic E-state index is 14.1. The number of carbonyl (C=O) groups excluding carboxylic acids is 3. The summed E-state index contributed by atoms with van der Waals surface area (Å²) in [6.07, 6.45) is 6.30. The number of fused-ring (bicyclic) bond motifs is 5. The number of nitrogens with zero attached hydrogens (tertiary/aromatic N) is 15. The first-order valence-corrected chi connectivity index (χ1v) is 49.0. The Hall–Kier alpha value is -9.34. The fourth-order valence-electron chi connectivity index (χ4n) is 17.2. The van der Waals surface area contributed by atoms with Crippen LogP contribution in [0.3, 0.4) is 0 Å². The van der Waals surface area contributed by atoms with Crippen LogP contribution in [0.15, 0.2) is 140 Å². The van der Waals surface area contributed by atoms with E-state index in [4.69, 9.17) is 95.8 Å². The van der Waals surface area contributed by atoms with Gasteiger partial charge in [-0.3, -0.25) is 32.6 Å². The minimum Gasteiger partial charge on any atom is -0.416 e. The number of anilines is 3. The Labute approximate surface area is 757 Å². The van der Waals surface area contributed by atoms with Crippen LogP contribution in [0, 0.1) is 0 Å². The van der Waals surface area contributed by atoms with Gasteiger partial charge in [-0.1, -0.05) is 111 Å². The summed E-state index contributed by atoms with van der Waals surface area (Å²) >= 11 is 18.9. The van der Waals surface area contributed by atoms with Crippen LogP contribution in [0.5, 0.6) is 23.0 Å². The molecule has 3 saturated carbocycles. The number of halogens is 3. The van der Waals surface area contributed by atoms with Crippen LogP contribution in [0.4, 0.5) is 17.5 Å². The van der Waals surface area contributed by atoms with Crippen molar-refractivity contribution in [3.63, 3.8) is 0 Å². The van der Waals surface area contributed by atoms with Crippen molar-refractivity contribution < 1.29 is 99.3 Å². The number of amides is 3. The van der Waals surface area contributed by atoms with Crippen molar-refractivity contribution in [3.05, 3.63) is 156 Å². The number of carbonyl (C=O) groups is 3. The highest BCUT2D eigenvalue weighted by molar-refractivity contribution is 7.56. The highest BCUT2D eigenvalue weighted by atomic mass is 35.5. The lowest BCUT2D eigenvalue weighted by Crippen LogP contribution is -2.42. The van der Waals surface area contributed by atoms with E-state index < -0.39 is 144 Å². The zero-order valence-electron chi connectivity index (χ0n) is 71.6. The Morgan fingerprint density at radius 2 is 0.698 bits per heavy atom. The molecular weight excluding hydrogens is 1800 g/mol. The van der Waals surface area contributed by atoms with Gasteiger partial charge in [0.15, 0.2) is 93.5 Å². The zero-order chi connectivity index (χ0) is 90.8. The number of imidazole rings is 3. The summed E-state index contributed by atoms with van der Waals surface area (Å²) in [5, 5.41) is 32.4. The third kappa shape index (κ3) is 22.2. The quantitative estimate of drug-likeness (QED) is 0.0169. The van der Waals surface area contributed by atoms with E-state index in [1.807, 2.05) is 26.0 Å². The van der Waals surface area contributed by atoms with Gasteiger partial charge < -0.3 is 102 Å². The number of benzene rings is 4. The number of aliphatic hydroxyl groups excluding tert-OH is 2. The second kappa shape index (κ2) is 39.2. The third-order valence-electron chi connectivity index (χ3n) is 23.3. The minimum absolute atomic E-state index is 0.000430. The molecule has 8 aliphatic rings. The number of nitrogens with one attached hydrogen (secondary N) is 3. The van der Waals surface area contributed by atoms with Crippen LogP contribution in [-0.4, -0.2) is 255 Å². The highest BCUT2D eigenvalue weighted by Crippen LogP contribution is 2.52. The summed E-state index contributed by atoms with van der Waals surface area (Å²) in [5.41, 5.74) is 2.89. The molecule has 0 radical (unpaired) electrons. The van der Waals surface area contributed by atoms with E-state index in [9.17, 15) is 38.3 Å². The van der Waals surface area contributed by atoms with E-state index in [-0.39, 0.29) is 53.0 Å². The molecule has 4 aromatic carbocycles. The summed E-state index contributed by atoms with van der Waals surface area (Å²) < 4.78 is 111. The van der Waals surface area contributed by atoms with Gasteiger partial charge in [0, 0.05) is 58.9 Å². The molecule has 5 saturated heterocycles. The van der Waals surface area contributed by atoms with E-state index >= 15 is 0 Å². The third-order valence-corrected chi connectivity index (χ3v) is 27.7. The largest absolute Gasteiger partial charge is 0.440 e. The molecule has 5 aliphatic heterocycles. The Morgan fingerprint density at radius 3 is 1.01 bits per heavy atom. The first-order chi connectivity index (χ1) is 61.6. The standard InChI is InChI=1S/C33H38ClN6O7P.C30H34ClN6O7P.C21H30ClN6O7P/c1-33(2)44-27-24(18-39(3)25(41)19-48(42,46-22-14-6-4-7-15-22)47-23-16-8-5-9-17-23)43-31(28(27)45-33)40-20-35-26-29(36-21-12-10-11-13-21)37-32(34)38-30(26)40;1-36(23(38)17-45(41,43-20-12-4-2-5-13-20)44-21-14-6-3-7-15-21)16-22-25(39)26(40)29(42-22)37-18-32-24-27(33-19-10-8-9-11-19)34-30(31)35-28(24)37;1-21(2)34-15-12(8-27(3)13(29)9-36(30,31)32)33-19(16(15)35-21)28-10-23-14-17(24-11-6-4-5-7-11)25-20(22)26-18(14)28/h4-9,14-17,20-21,24,27-28,31H,10-13,18-19H2,1-3H3,(H,36,37,38);2-7,12-15,18-19,22,25-26,29,39-40H,8-11,16-17H2,1H3,(H,33,34,35);10-12,15-16,19H,4-9H2,1-3H3,(H,24,25,26)(H2,30,31,32)/t24-,27-,28-,31-;22-,25-,26-,29-;12-,15-,16-,19-/m111/s1. The van der Waals surface area contributed by atoms with E-state index in [0.29, 0.717) is 74.5 Å². The van der Waals surface area contributed by atoms with Gasteiger partial charge in [-0.2, -0.15) is 29.9 Å². The maximum atomic E-state index is 14.1. The fourth-order valence-corrected chi connectivity index (χ4v) is 21.5. The Bertz CT molecular complexity index is 5680. The number of ether oxygens (including phenoxy) is 7. The molecule has 0 unspecified atom stereocenters. The van der Waals surface area contributed by atoms with Gasteiger partial charge in [-0.05, 0) is 150 Å². The van der Waals surface area contributed by atoms with Crippen molar-refractivity contribution in [1.82, 2.24) is 73.3 Å². The lowest BCUT2D eigenvalue weighted by molar-refractivity contribution is -0.198. The Morgan fingerprint density at radius 1 is 0.419 bits per heavy atom. The number of aliphatic hydroxyl groups is 2. The average Bonchev–Trinajstić information content (AvgIpc) is 1.58. The van der Waals surface area contributed by atoms with Gasteiger partial charge in [0.25, 0.3) is 0 Å². The van der Waals surface area contributed by atoms with Crippen molar-refractivity contribution >= 4 is 126 Å². The number of hydrogen-bond acceptors (Lipinski definition) is 31. The highest BCUT2D eigenvalue weighted by Gasteiger charge is 2.59. The van der Waals surface area contributed by atoms with Crippen LogP contribution >= 0.6 is 57.6 Å². The molecule has 0 bridgehead atoms. The smallest absolute Gasteiger partial charge is 0.416 e. The minimum atomic E-state index is -4.50. The molecule has 3 amide bonds. The second-order valence-corrected chi connectivity index (χ2v) is 40.4. The van der Waals surface area contributed by atoms with Crippen molar-refractivity contribution in [2.75, 3.05) is 75.2 Å². The topological polar surface area (TPSA) is 461 Å². The normalized spacial score (nSPS) is 24.3. The maximum Gasteiger partial charge on any atom is 0.440 e. The molecule has 129 heavy (non-hydrogen) atoms. The Kier molecular flexibility index (Phi) is 28.2. The molecule has 7 N–H and O–H groups in total. The van der Waals surface area contributed by atoms with E-state index in [0.717, 1.165) is 77.0 Å². The average molecular weight is 1900 g/mol. The summed E-state index contributed by atoms with van der Waals surface area (Å²) in [7, 11) is -7.96. The molecule has 10 aromatic rings. The second-order valence-electron chi connectivity index (χ2n) is 34.0. The number of para-hydroxylation sites is 4. The molecule has 11 heterocycles. The van der Waals surface area contributed by atoms with E-state index in [1.54, 1.807) is 152 Å². The molecule has 8 fully saturated rings.